The lowest BCUT2D eigenvalue weighted by Crippen LogP contribution is -2.45. The molecule has 1 heterocycles. The fraction of sp³-hybridized carbons (Fsp3) is 0.458. The highest BCUT2D eigenvalue weighted by Crippen LogP contribution is 2.32. The smallest absolute Gasteiger partial charge is 0.325 e. The molecule has 0 aromatic heterocycles. The predicted octanol–water partition coefficient (Wildman–Crippen LogP) is 3.70. The van der Waals surface area contributed by atoms with Crippen LogP contribution in [0.3, 0.4) is 0 Å². The van der Waals surface area contributed by atoms with E-state index in [9.17, 15) is 14.4 Å². The monoisotopic (exact) mass is 425 g/mol. The number of hydrogen-bond acceptors (Lipinski definition) is 4. The number of unbranched alkanes of at least 4 members (excludes halogenated alkanes) is 2. The molecule has 4 amide bonds. The molecule has 7 heteroatoms. The van der Waals surface area contributed by atoms with Crippen LogP contribution in [-0.2, 0) is 15.1 Å². The summed E-state index contributed by atoms with van der Waals surface area (Å²) in [6.45, 7) is 5.45. The van der Waals surface area contributed by atoms with E-state index in [0.717, 1.165) is 47.1 Å². The van der Waals surface area contributed by atoms with Gasteiger partial charge in [-0.2, -0.15) is 0 Å². The third kappa shape index (κ3) is 4.81. The molecule has 2 N–H and O–H groups in total. The van der Waals surface area contributed by atoms with Gasteiger partial charge in [0.25, 0.3) is 5.91 Å². The number of nitrogens with zero attached hydrogens (tertiary/aromatic N) is 1. The number of nitrogens with one attached hydrogen (secondary N) is 2. The third-order valence-corrected chi connectivity index (χ3v) is 5.85. The van der Waals surface area contributed by atoms with Crippen molar-refractivity contribution < 1.29 is 19.1 Å². The van der Waals surface area contributed by atoms with E-state index >= 15 is 0 Å². The second-order valence-corrected chi connectivity index (χ2v) is 8.34. The van der Waals surface area contributed by atoms with E-state index < -0.39 is 17.5 Å². The summed E-state index contributed by atoms with van der Waals surface area (Å²) in [5.74, 6) is -0.0145. The van der Waals surface area contributed by atoms with Crippen LogP contribution in [0.4, 0.5) is 4.79 Å². The van der Waals surface area contributed by atoms with Gasteiger partial charge in [-0.3, -0.25) is 14.5 Å². The van der Waals surface area contributed by atoms with Crippen LogP contribution in [0.15, 0.2) is 36.4 Å². The summed E-state index contributed by atoms with van der Waals surface area (Å²) in [6, 6.07) is 10.7. The quantitative estimate of drug-likeness (QED) is 0.474. The van der Waals surface area contributed by atoms with Gasteiger partial charge in [0.1, 0.15) is 17.8 Å². The third-order valence-electron chi connectivity index (χ3n) is 5.85. The minimum atomic E-state index is -1.22. The van der Waals surface area contributed by atoms with Gasteiger partial charge in [0.2, 0.25) is 5.91 Å². The highest BCUT2D eigenvalue weighted by Gasteiger charge is 2.49. The first-order valence-electron chi connectivity index (χ1n) is 10.8. The number of carbonyl (C=O) groups excluding carboxylic acids is 3. The van der Waals surface area contributed by atoms with E-state index in [1.54, 1.807) is 14.0 Å². The highest BCUT2D eigenvalue weighted by atomic mass is 16.5. The summed E-state index contributed by atoms with van der Waals surface area (Å²) in [7, 11) is 1.61. The number of urea groups is 1. The molecule has 0 bridgehead atoms. The van der Waals surface area contributed by atoms with Gasteiger partial charge < -0.3 is 15.4 Å². The summed E-state index contributed by atoms with van der Waals surface area (Å²) >= 11 is 0. The van der Waals surface area contributed by atoms with Crippen molar-refractivity contribution in [2.24, 2.45) is 0 Å². The molecule has 0 spiro atoms. The number of fused-ring (bicyclic) bond motifs is 1. The Labute approximate surface area is 183 Å². The summed E-state index contributed by atoms with van der Waals surface area (Å²) in [4.78, 5) is 39.1. The van der Waals surface area contributed by atoms with Crippen LogP contribution in [0.2, 0.25) is 0 Å². The number of imide groups is 1. The van der Waals surface area contributed by atoms with Gasteiger partial charge in [0.15, 0.2) is 0 Å². The molecule has 0 unspecified atom stereocenters. The number of methoxy groups -OCH3 is 1. The minimum Gasteiger partial charge on any atom is -0.497 e. The van der Waals surface area contributed by atoms with Gasteiger partial charge in [-0.05, 0) is 54.8 Å². The lowest BCUT2D eigenvalue weighted by Gasteiger charge is -2.23. The SMILES string of the molecule is CCCCC[C@H](C)NC(=O)CN1C(=O)N[C@](C)(c2ccc3cc(OC)ccc3c2)C1=O. The zero-order valence-electron chi connectivity index (χ0n) is 18.7. The highest BCUT2D eigenvalue weighted by molar-refractivity contribution is 6.09. The lowest BCUT2D eigenvalue weighted by atomic mass is 9.90. The maximum Gasteiger partial charge on any atom is 0.325 e. The Morgan fingerprint density at radius 3 is 2.58 bits per heavy atom. The summed E-state index contributed by atoms with van der Waals surface area (Å²) in [5, 5.41) is 7.55. The van der Waals surface area contributed by atoms with Gasteiger partial charge in [-0.25, -0.2) is 4.79 Å². The van der Waals surface area contributed by atoms with Crippen molar-refractivity contribution in [3.05, 3.63) is 42.0 Å². The number of amides is 4. The number of benzene rings is 2. The van der Waals surface area contributed by atoms with E-state index in [-0.39, 0.29) is 18.5 Å². The molecule has 2 aromatic carbocycles. The summed E-state index contributed by atoms with van der Waals surface area (Å²) < 4.78 is 5.25. The maximum atomic E-state index is 13.1. The van der Waals surface area contributed by atoms with Gasteiger partial charge in [-0.15, -0.1) is 0 Å². The van der Waals surface area contributed by atoms with Crippen LogP contribution in [0.25, 0.3) is 10.8 Å². The maximum absolute atomic E-state index is 13.1. The molecule has 1 aliphatic heterocycles. The minimum absolute atomic E-state index is 0.00341. The molecule has 0 radical (unpaired) electrons. The summed E-state index contributed by atoms with van der Waals surface area (Å²) in [5.41, 5.74) is -0.558. The predicted molar refractivity (Wildman–Crippen MR) is 120 cm³/mol. The topological polar surface area (TPSA) is 87.7 Å². The fourth-order valence-corrected chi connectivity index (χ4v) is 3.93. The van der Waals surface area contributed by atoms with E-state index in [1.165, 1.54) is 0 Å². The molecule has 166 valence electrons. The molecule has 31 heavy (non-hydrogen) atoms. The average Bonchev–Trinajstić information content (AvgIpc) is 2.97. The molecule has 1 saturated heterocycles. The fourth-order valence-electron chi connectivity index (χ4n) is 3.93. The van der Waals surface area contributed by atoms with Crippen molar-refractivity contribution in [2.75, 3.05) is 13.7 Å². The van der Waals surface area contributed by atoms with E-state index in [2.05, 4.69) is 17.6 Å². The molecular formula is C24H31N3O4. The molecule has 1 aliphatic rings. The van der Waals surface area contributed by atoms with Crippen molar-refractivity contribution in [2.45, 2.75) is 58.0 Å². The Hall–Kier alpha value is -3.09. The van der Waals surface area contributed by atoms with Gasteiger partial charge in [0, 0.05) is 6.04 Å². The second-order valence-electron chi connectivity index (χ2n) is 8.34. The van der Waals surface area contributed by atoms with Crippen LogP contribution in [-0.4, -0.2) is 42.4 Å². The summed E-state index contributed by atoms with van der Waals surface area (Å²) in [6.07, 6.45) is 4.14. The number of ether oxygens (including phenoxy) is 1. The lowest BCUT2D eigenvalue weighted by molar-refractivity contribution is -0.135. The zero-order valence-corrected chi connectivity index (χ0v) is 18.7. The van der Waals surface area contributed by atoms with Crippen LogP contribution in [0.1, 0.15) is 52.0 Å². The molecule has 0 saturated carbocycles. The molecule has 1 fully saturated rings. The number of rotatable bonds is 9. The Bertz CT molecular complexity index is 990. The molecule has 3 rings (SSSR count). The van der Waals surface area contributed by atoms with Crippen LogP contribution < -0.4 is 15.4 Å². The van der Waals surface area contributed by atoms with Crippen LogP contribution >= 0.6 is 0 Å². The Morgan fingerprint density at radius 2 is 1.87 bits per heavy atom. The largest absolute Gasteiger partial charge is 0.497 e. The van der Waals surface area contributed by atoms with E-state index in [1.807, 2.05) is 43.3 Å². The second kappa shape index (κ2) is 9.37. The van der Waals surface area contributed by atoms with Crippen LogP contribution in [0.5, 0.6) is 5.75 Å². The van der Waals surface area contributed by atoms with Crippen molar-refractivity contribution in [3.8, 4) is 5.75 Å². The van der Waals surface area contributed by atoms with Crippen molar-refractivity contribution in [3.63, 3.8) is 0 Å². The van der Waals surface area contributed by atoms with E-state index in [0.29, 0.717) is 5.56 Å². The first-order valence-corrected chi connectivity index (χ1v) is 10.8. The number of hydrogen-bond donors (Lipinski definition) is 2. The van der Waals surface area contributed by atoms with Gasteiger partial charge in [-0.1, -0.05) is 44.4 Å². The van der Waals surface area contributed by atoms with E-state index in [4.69, 9.17) is 4.74 Å². The standard InChI is InChI=1S/C24H31N3O4/c1-5-6-7-8-16(2)25-21(28)15-27-22(29)24(3,26-23(27)30)19-11-9-18-14-20(31-4)12-10-17(18)13-19/h9-14,16H,5-8,15H2,1-4H3,(H,25,28)(H,26,30)/t16-,24+/m0/s1. The molecule has 7 nitrogen and oxygen atoms in total. The van der Waals surface area contributed by atoms with Gasteiger partial charge in [0.05, 0.1) is 7.11 Å². The zero-order chi connectivity index (χ0) is 22.6. The average molecular weight is 426 g/mol. The molecule has 2 atom stereocenters. The Morgan fingerprint density at radius 1 is 1.16 bits per heavy atom. The first kappa shape index (κ1) is 22.6. The molecule has 2 aromatic rings. The normalized spacial score (nSPS) is 19.4. The van der Waals surface area contributed by atoms with Crippen LogP contribution in [0, 0.1) is 0 Å². The van der Waals surface area contributed by atoms with Gasteiger partial charge >= 0.3 is 6.03 Å². The number of carbonyl (C=O) groups is 3. The first-order chi connectivity index (χ1) is 14.8. The van der Waals surface area contributed by atoms with Crippen molar-refractivity contribution in [1.82, 2.24) is 15.5 Å². The molecule has 0 aliphatic carbocycles. The van der Waals surface area contributed by atoms with Crippen molar-refractivity contribution in [1.29, 1.82) is 0 Å². The Kier molecular flexibility index (Phi) is 6.83. The molecular weight excluding hydrogens is 394 g/mol. The Balaban J connectivity index is 1.72. The van der Waals surface area contributed by atoms with Crippen molar-refractivity contribution >= 4 is 28.6 Å².